The molecule has 0 aliphatic carbocycles. The van der Waals surface area contributed by atoms with Gasteiger partial charge in [-0.3, -0.25) is 9.59 Å². The molecule has 0 aliphatic heterocycles. The summed E-state index contributed by atoms with van der Waals surface area (Å²) in [5.74, 6) is -1.64. The first-order valence-corrected chi connectivity index (χ1v) is 10.1. The van der Waals surface area contributed by atoms with E-state index in [0.717, 1.165) is 6.07 Å². The number of carbonyl (C=O) groups excluding carboxylic acids is 1. The fourth-order valence-electron chi connectivity index (χ4n) is 2.19. The van der Waals surface area contributed by atoms with E-state index in [4.69, 9.17) is 40.1 Å². The number of carbonyl (C=O) groups is 2. The largest absolute Gasteiger partial charge is 0.481 e. The maximum Gasteiger partial charge on any atom is 0.303 e. The Morgan fingerprint density at radius 3 is 2.30 bits per heavy atom. The van der Waals surface area contributed by atoms with Gasteiger partial charge < -0.3 is 5.11 Å². The van der Waals surface area contributed by atoms with Crippen molar-refractivity contribution in [2.24, 2.45) is 0 Å². The molecule has 0 heterocycles. The highest BCUT2D eigenvalue weighted by molar-refractivity contribution is 7.90. The van der Waals surface area contributed by atoms with E-state index in [1.54, 1.807) is 24.3 Å². The van der Waals surface area contributed by atoms with Gasteiger partial charge in [0.2, 0.25) is 0 Å². The molecular formula is C17H14Cl3NO5S. The molecule has 0 spiro atoms. The van der Waals surface area contributed by atoms with Gasteiger partial charge in [0.05, 0.1) is 18.0 Å². The zero-order valence-corrected chi connectivity index (χ0v) is 16.8. The Balaban J connectivity index is 2.31. The van der Waals surface area contributed by atoms with Crippen LogP contribution in [0.15, 0.2) is 47.4 Å². The summed E-state index contributed by atoms with van der Waals surface area (Å²) in [5.41, 5.74) is 0.518. The molecular weight excluding hydrogens is 437 g/mol. The minimum Gasteiger partial charge on any atom is -0.481 e. The number of hydrogen-bond acceptors (Lipinski definition) is 4. The molecule has 0 aromatic heterocycles. The molecule has 0 atom stereocenters. The average Bonchev–Trinajstić information content (AvgIpc) is 2.61. The molecule has 2 aromatic carbocycles. The van der Waals surface area contributed by atoms with E-state index in [1.807, 2.05) is 0 Å². The Labute approximate surface area is 171 Å². The molecule has 144 valence electrons. The highest BCUT2D eigenvalue weighted by atomic mass is 35.5. The smallest absolute Gasteiger partial charge is 0.303 e. The maximum atomic E-state index is 12.8. The average molecular weight is 451 g/mol. The SMILES string of the molecule is O=C(O)CCC(=O)c1ccc(Cl)c(S(=O)(=O)N(Cl)Cc2ccccc2Cl)c1. The number of Topliss-reactive ketones (excluding diaryl/α,β-unsaturated/α-hetero) is 1. The van der Waals surface area contributed by atoms with Crippen LogP contribution in [-0.4, -0.2) is 29.1 Å². The van der Waals surface area contributed by atoms with Crippen molar-refractivity contribution >= 4 is 56.8 Å². The number of rotatable bonds is 8. The van der Waals surface area contributed by atoms with Gasteiger partial charge in [-0.15, -0.1) is 3.82 Å². The summed E-state index contributed by atoms with van der Waals surface area (Å²) >= 11 is 18.0. The third-order valence-electron chi connectivity index (χ3n) is 3.61. The predicted octanol–water partition coefficient (Wildman–Crippen LogP) is 4.39. The van der Waals surface area contributed by atoms with Gasteiger partial charge in [-0.05, 0) is 41.6 Å². The van der Waals surface area contributed by atoms with Crippen molar-refractivity contribution in [3.05, 3.63) is 63.6 Å². The number of hydrogen-bond donors (Lipinski definition) is 1. The summed E-state index contributed by atoms with van der Waals surface area (Å²) in [7, 11) is -4.23. The lowest BCUT2D eigenvalue weighted by Gasteiger charge is -2.16. The van der Waals surface area contributed by atoms with Gasteiger partial charge in [-0.2, -0.15) is 0 Å². The highest BCUT2D eigenvalue weighted by Crippen LogP contribution is 2.29. The topological polar surface area (TPSA) is 91.7 Å². The van der Waals surface area contributed by atoms with Crippen LogP contribution < -0.4 is 0 Å². The Hall–Kier alpha value is -1.64. The zero-order valence-electron chi connectivity index (χ0n) is 13.7. The summed E-state index contributed by atoms with van der Waals surface area (Å²) < 4.78 is 26.1. The van der Waals surface area contributed by atoms with Gasteiger partial charge in [0.1, 0.15) is 4.90 Å². The van der Waals surface area contributed by atoms with Crippen molar-refractivity contribution in [2.75, 3.05) is 0 Å². The molecule has 0 saturated carbocycles. The summed E-state index contributed by atoms with van der Waals surface area (Å²) in [5, 5.41) is 8.90. The molecule has 0 unspecified atom stereocenters. The number of nitrogens with zero attached hydrogens (tertiary/aromatic N) is 1. The number of aliphatic carboxylic acids is 1. The molecule has 6 nitrogen and oxygen atoms in total. The van der Waals surface area contributed by atoms with Gasteiger partial charge in [0.15, 0.2) is 5.78 Å². The number of benzene rings is 2. The van der Waals surface area contributed by atoms with E-state index in [2.05, 4.69) is 0 Å². The summed E-state index contributed by atoms with van der Waals surface area (Å²) in [6.45, 7) is -0.211. The molecule has 0 amide bonds. The quantitative estimate of drug-likeness (QED) is 0.476. The minimum atomic E-state index is -4.23. The number of carboxylic acids is 1. The lowest BCUT2D eigenvalue weighted by molar-refractivity contribution is -0.136. The molecule has 0 radical (unpaired) electrons. The van der Waals surface area contributed by atoms with Gasteiger partial charge in [0, 0.05) is 17.0 Å². The number of halogens is 3. The first-order valence-electron chi connectivity index (χ1n) is 7.59. The van der Waals surface area contributed by atoms with E-state index < -0.39 is 21.8 Å². The normalized spacial score (nSPS) is 11.6. The molecule has 2 rings (SSSR count). The molecule has 0 saturated heterocycles. The molecule has 10 heteroatoms. The van der Waals surface area contributed by atoms with E-state index in [1.165, 1.54) is 12.1 Å². The van der Waals surface area contributed by atoms with E-state index in [9.17, 15) is 18.0 Å². The second-order valence-corrected chi connectivity index (χ2v) is 8.76. The molecule has 0 aliphatic rings. The molecule has 27 heavy (non-hydrogen) atoms. The fourth-order valence-corrected chi connectivity index (χ4v) is 4.26. The van der Waals surface area contributed by atoms with E-state index in [-0.39, 0.29) is 34.9 Å². The second-order valence-electron chi connectivity index (χ2n) is 5.50. The lowest BCUT2D eigenvalue weighted by Crippen LogP contribution is -2.22. The van der Waals surface area contributed by atoms with Crippen LogP contribution in [0.5, 0.6) is 0 Å². The monoisotopic (exact) mass is 449 g/mol. The molecule has 0 bridgehead atoms. The lowest BCUT2D eigenvalue weighted by atomic mass is 10.1. The van der Waals surface area contributed by atoms with Gasteiger partial charge >= 0.3 is 5.97 Å². The molecule has 1 N–H and O–H groups in total. The van der Waals surface area contributed by atoms with Crippen LogP contribution in [0.25, 0.3) is 0 Å². The van der Waals surface area contributed by atoms with Crippen molar-refractivity contribution in [2.45, 2.75) is 24.3 Å². The maximum absolute atomic E-state index is 12.8. The van der Waals surface area contributed by atoms with E-state index in [0.29, 0.717) is 14.4 Å². The van der Waals surface area contributed by atoms with Gasteiger partial charge in [-0.1, -0.05) is 41.4 Å². The number of carboxylic acid groups (broad SMARTS) is 1. The number of ketones is 1. The summed E-state index contributed by atoms with van der Waals surface area (Å²) in [4.78, 5) is 22.3. The Morgan fingerprint density at radius 2 is 1.67 bits per heavy atom. The van der Waals surface area contributed by atoms with Crippen LogP contribution in [0.1, 0.15) is 28.8 Å². The second kappa shape index (κ2) is 9.03. The van der Waals surface area contributed by atoms with Crippen molar-refractivity contribution < 1.29 is 23.1 Å². The molecule has 0 fully saturated rings. The van der Waals surface area contributed by atoms with E-state index >= 15 is 0 Å². The first kappa shape index (κ1) is 21.7. The highest BCUT2D eigenvalue weighted by Gasteiger charge is 2.27. The predicted molar refractivity (Wildman–Crippen MR) is 103 cm³/mol. The third kappa shape index (κ3) is 5.43. The van der Waals surface area contributed by atoms with Crippen molar-refractivity contribution in [1.29, 1.82) is 0 Å². The van der Waals surface area contributed by atoms with Crippen LogP contribution in [0.4, 0.5) is 0 Å². The summed E-state index contributed by atoms with van der Waals surface area (Å²) in [6.07, 6.45) is -0.627. The van der Waals surface area contributed by atoms with Crippen LogP contribution in [-0.2, 0) is 21.4 Å². The third-order valence-corrected chi connectivity index (χ3v) is 6.63. The number of sulfonamides is 1. The van der Waals surface area contributed by atoms with Crippen LogP contribution in [0.3, 0.4) is 0 Å². The Kier molecular flexibility index (Phi) is 7.25. The van der Waals surface area contributed by atoms with Crippen LogP contribution in [0, 0.1) is 0 Å². The van der Waals surface area contributed by atoms with Crippen LogP contribution >= 0.6 is 35.0 Å². The Morgan fingerprint density at radius 1 is 1.00 bits per heavy atom. The Bertz CT molecular complexity index is 978. The standard InChI is InChI=1S/C17H14Cl3NO5S/c18-13-4-2-1-3-12(13)10-21(20)27(25,26)16-9-11(5-6-14(16)19)15(22)7-8-17(23)24/h1-6,9H,7-8,10H2,(H,23,24). The van der Waals surface area contributed by atoms with Gasteiger partial charge in [-0.25, -0.2) is 8.42 Å². The first-order chi connectivity index (χ1) is 12.6. The van der Waals surface area contributed by atoms with Crippen molar-refractivity contribution in [3.8, 4) is 0 Å². The fraction of sp³-hybridized carbons (Fsp3) is 0.176. The van der Waals surface area contributed by atoms with Crippen molar-refractivity contribution in [3.63, 3.8) is 0 Å². The van der Waals surface area contributed by atoms with Crippen molar-refractivity contribution in [1.82, 2.24) is 3.82 Å². The molecule has 2 aromatic rings. The van der Waals surface area contributed by atoms with Crippen LogP contribution in [0.2, 0.25) is 10.0 Å². The zero-order chi connectivity index (χ0) is 20.2. The van der Waals surface area contributed by atoms with Gasteiger partial charge in [0.25, 0.3) is 10.0 Å². The summed E-state index contributed by atoms with van der Waals surface area (Å²) in [6, 6.07) is 10.3. The minimum absolute atomic E-state index is 0.0297.